The third-order valence-corrected chi connectivity index (χ3v) is 7.54. The van der Waals surface area contributed by atoms with Crippen molar-refractivity contribution < 1.29 is 24.2 Å². The van der Waals surface area contributed by atoms with Crippen LogP contribution in [0, 0.1) is 5.41 Å². The molecule has 2 unspecified atom stereocenters. The highest BCUT2D eigenvalue weighted by molar-refractivity contribution is 5.88. The Morgan fingerprint density at radius 2 is 1.69 bits per heavy atom. The van der Waals surface area contributed by atoms with Crippen LogP contribution < -0.4 is 10.6 Å². The van der Waals surface area contributed by atoms with Crippen molar-refractivity contribution in [1.29, 1.82) is 0 Å². The molecule has 35 heavy (non-hydrogen) atoms. The van der Waals surface area contributed by atoms with Crippen LogP contribution in [0.5, 0.6) is 0 Å². The average molecular weight is 479 g/mol. The third kappa shape index (κ3) is 5.04. The fourth-order valence-electron chi connectivity index (χ4n) is 5.49. The van der Waals surface area contributed by atoms with E-state index in [1.54, 1.807) is 6.92 Å². The largest absolute Gasteiger partial charge is 0.480 e. The van der Waals surface area contributed by atoms with Crippen molar-refractivity contribution in [3.8, 4) is 11.1 Å². The minimum absolute atomic E-state index is 0.0421. The summed E-state index contributed by atoms with van der Waals surface area (Å²) >= 11 is 0. The highest BCUT2D eigenvalue weighted by Gasteiger charge is 2.45. The number of nitrogens with one attached hydrogen (secondary N) is 2. The Balaban J connectivity index is 1.42. The molecule has 2 aliphatic carbocycles. The first-order chi connectivity index (χ1) is 16.8. The van der Waals surface area contributed by atoms with E-state index >= 15 is 0 Å². The Morgan fingerprint density at radius 1 is 1.06 bits per heavy atom. The molecule has 0 bridgehead atoms. The molecule has 186 valence electrons. The number of amides is 2. The van der Waals surface area contributed by atoms with Crippen molar-refractivity contribution in [2.45, 2.75) is 70.4 Å². The molecule has 2 amide bonds. The van der Waals surface area contributed by atoms with Crippen LogP contribution in [0.25, 0.3) is 11.1 Å². The fraction of sp³-hybridized carbons (Fsp3) is 0.464. The Hall–Kier alpha value is -3.35. The predicted octanol–water partition coefficient (Wildman–Crippen LogP) is 4.84. The van der Waals surface area contributed by atoms with Gasteiger partial charge in [-0.15, -0.1) is 0 Å². The van der Waals surface area contributed by atoms with Crippen LogP contribution in [0.3, 0.4) is 0 Å². The molecule has 3 N–H and O–H groups in total. The van der Waals surface area contributed by atoms with E-state index in [0.717, 1.165) is 35.1 Å². The molecule has 7 nitrogen and oxygen atoms in total. The van der Waals surface area contributed by atoms with E-state index in [4.69, 9.17) is 4.74 Å². The van der Waals surface area contributed by atoms with E-state index in [0.29, 0.717) is 25.7 Å². The molecular formula is C28H34N2O5. The van der Waals surface area contributed by atoms with Crippen molar-refractivity contribution >= 4 is 18.0 Å². The smallest absolute Gasteiger partial charge is 0.407 e. The minimum Gasteiger partial charge on any atom is -0.480 e. The summed E-state index contributed by atoms with van der Waals surface area (Å²) in [7, 11) is 0. The first kappa shape index (κ1) is 24.8. The van der Waals surface area contributed by atoms with Crippen LogP contribution in [-0.2, 0) is 14.3 Å². The molecule has 0 aromatic heterocycles. The van der Waals surface area contributed by atoms with Gasteiger partial charge in [0.25, 0.3) is 0 Å². The number of alkyl carbamates (subject to hydrolysis) is 1. The summed E-state index contributed by atoms with van der Waals surface area (Å²) in [4.78, 5) is 37.6. The van der Waals surface area contributed by atoms with Gasteiger partial charge in [-0.1, -0.05) is 74.7 Å². The molecule has 2 aromatic rings. The topological polar surface area (TPSA) is 105 Å². The second-order valence-corrected chi connectivity index (χ2v) is 9.84. The van der Waals surface area contributed by atoms with Gasteiger partial charge in [0, 0.05) is 12.0 Å². The van der Waals surface area contributed by atoms with Gasteiger partial charge in [-0.05, 0) is 48.4 Å². The van der Waals surface area contributed by atoms with E-state index < -0.39 is 29.6 Å². The van der Waals surface area contributed by atoms with Crippen LogP contribution in [0.1, 0.15) is 69.4 Å². The number of hydrogen-bond acceptors (Lipinski definition) is 4. The first-order valence-corrected chi connectivity index (χ1v) is 12.5. The SMILES string of the molecule is CCC[C@@H](NC(=O)C1(C)CCCCC1NC(=O)OCC1c2ccccc2-c2ccccc21)C(=O)O. The number of hydrogen-bond donors (Lipinski definition) is 3. The number of carboxylic acids is 1. The fourth-order valence-corrected chi connectivity index (χ4v) is 5.49. The monoisotopic (exact) mass is 478 g/mol. The second-order valence-electron chi connectivity index (χ2n) is 9.84. The van der Waals surface area contributed by atoms with Gasteiger partial charge in [-0.2, -0.15) is 0 Å². The summed E-state index contributed by atoms with van der Waals surface area (Å²) in [5, 5.41) is 15.1. The highest BCUT2D eigenvalue weighted by Crippen LogP contribution is 2.44. The van der Waals surface area contributed by atoms with Crippen LogP contribution in [0.2, 0.25) is 0 Å². The van der Waals surface area contributed by atoms with E-state index in [1.165, 1.54) is 0 Å². The Bertz CT molecular complexity index is 1050. The van der Waals surface area contributed by atoms with Crippen LogP contribution >= 0.6 is 0 Å². The maximum absolute atomic E-state index is 13.2. The van der Waals surface area contributed by atoms with Crippen molar-refractivity contribution in [3.05, 3.63) is 59.7 Å². The Morgan fingerprint density at radius 3 is 2.29 bits per heavy atom. The Kier molecular flexibility index (Phi) is 7.43. The maximum Gasteiger partial charge on any atom is 0.407 e. The molecule has 3 atom stereocenters. The molecule has 1 saturated carbocycles. The highest BCUT2D eigenvalue weighted by atomic mass is 16.5. The van der Waals surface area contributed by atoms with Gasteiger partial charge in [-0.3, -0.25) is 4.79 Å². The third-order valence-electron chi connectivity index (χ3n) is 7.54. The van der Waals surface area contributed by atoms with Crippen molar-refractivity contribution in [3.63, 3.8) is 0 Å². The molecule has 2 aliphatic rings. The molecule has 4 rings (SSSR count). The lowest BCUT2D eigenvalue weighted by Gasteiger charge is -2.40. The summed E-state index contributed by atoms with van der Waals surface area (Å²) in [6.45, 7) is 3.89. The zero-order valence-corrected chi connectivity index (χ0v) is 20.4. The van der Waals surface area contributed by atoms with Crippen molar-refractivity contribution in [2.24, 2.45) is 5.41 Å². The van der Waals surface area contributed by atoms with Gasteiger partial charge in [0.2, 0.25) is 5.91 Å². The molecule has 0 saturated heterocycles. The summed E-state index contributed by atoms with van der Waals surface area (Å²) in [6.07, 6.45) is 3.40. The number of carbonyl (C=O) groups is 3. The first-order valence-electron chi connectivity index (χ1n) is 12.5. The minimum atomic E-state index is -1.04. The van der Waals surface area contributed by atoms with E-state index in [-0.39, 0.29) is 18.4 Å². The lowest BCUT2D eigenvalue weighted by Crippen LogP contribution is -2.58. The zero-order chi connectivity index (χ0) is 25.0. The standard InChI is InChI=1S/C28H34N2O5/c1-3-10-23(25(31)32)29-26(33)28(2)16-9-8-15-24(28)30-27(34)35-17-22-20-13-6-4-11-18(20)19-12-5-7-14-21(19)22/h4-7,11-14,22-24H,3,8-10,15-17H2,1-2H3,(H,29,33)(H,30,34)(H,31,32)/t23-,24?,28?/m1/s1. The number of rotatable bonds is 8. The van der Waals surface area contributed by atoms with E-state index in [1.807, 2.05) is 31.2 Å². The second kappa shape index (κ2) is 10.5. The van der Waals surface area contributed by atoms with Gasteiger partial charge in [0.05, 0.1) is 5.41 Å². The summed E-state index contributed by atoms with van der Waals surface area (Å²) in [5.74, 6) is -1.41. The molecule has 2 aromatic carbocycles. The Labute approximate surface area is 206 Å². The van der Waals surface area contributed by atoms with Gasteiger partial charge < -0.3 is 20.5 Å². The maximum atomic E-state index is 13.2. The van der Waals surface area contributed by atoms with Crippen LogP contribution in [0.4, 0.5) is 4.79 Å². The summed E-state index contributed by atoms with van der Waals surface area (Å²) in [5.41, 5.74) is 3.70. The quantitative estimate of drug-likeness (QED) is 0.503. The lowest BCUT2D eigenvalue weighted by molar-refractivity contribution is -0.145. The molecule has 1 fully saturated rings. The van der Waals surface area contributed by atoms with Gasteiger partial charge in [-0.25, -0.2) is 9.59 Å². The number of carboxylic acid groups (broad SMARTS) is 1. The van der Waals surface area contributed by atoms with Crippen molar-refractivity contribution in [2.75, 3.05) is 6.61 Å². The molecule has 0 spiro atoms. The van der Waals surface area contributed by atoms with Crippen LogP contribution in [0.15, 0.2) is 48.5 Å². The van der Waals surface area contributed by atoms with Gasteiger partial charge in [0.1, 0.15) is 12.6 Å². The van der Waals surface area contributed by atoms with Gasteiger partial charge >= 0.3 is 12.1 Å². The number of aliphatic carboxylic acids is 1. The van der Waals surface area contributed by atoms with Crippen LogP contribution in [-0.4, -0.2) is 41.8 Å². The molecular weight excluding hydrogens is 444 g/mol. The average Bonchev–Trinajstić information content (AvgIpc) is 3.17. The van der Waals surface area contributed by atoms with Gasteiger partial charge in [0.15, 0.2) is 0 Å². The summed E-state index contributed by atoms with van der Waals surface area (Å²) in [6, 6.07) is 15.0. The predicted molar refractivity (Wildman–Crippen MR) is 133 cm³/mol. The molecule has 0 heterocycles. The number of fused-ring (bicyclic) bond motifs is 3. The number of carbonyl (C=O) groups excluding carboxylic acids is 2. The van der Waals surface area contributed by atoms with E-state index in [9.17, 15) is 19.5 Å². The molecule has 0 aliphatic heterocycles. The zero-order valence-electron chi connectivity index (χ0n) is 20.4. The number of ether oxygens (including phenoxy) is 1. The lowest BCUT2D eigenvalue weighted by atomic mass is 9.71. The van der Waals surface area contributed by atoms with E-state index in [2.05, 4.69) is 34.9 Å². The summed E-state index contributed by atoms with van der Waals surface area (Å²) < 4.78 is 5.70. The number of benzene rings is 2. The normalized spacial score (nSPS) is 21.9. The molecule has 0 radical (unpaired) electrons. The molecule has 7 heteroatoms. The van der Waals surface area contributed by atoms with Crippen molar-refractivity contribution in [1.82, 2.24) is 10.6 Å².